The Labute approximate surface area is 82.6 Å². The summed E-state index contributed by atoms with van der Waals surface area (Å²) in [5.74, 6) is -0.939. The van der Waals surface area contributed by atoms with Gasteiger partial charge in [-0.05, 0) is 17.2 Å². The molecule has 0 saturated carbocycles. The summed E-state index contributed by atoms with van der Waals surface area (Å²) in [5, 5.41) is 8.41. The number of methoxy groups -OCH3 is 1. The van der Waals surface area contributed by atoms with Crippen molar-refractivity contribution in [2.45, 2.75) is 6.61 Å². The van der Waals surface area contributed by atoms with Gasteiger partial charge in [0, 0.05) is 13.2 Å². The summed E-state index contributed by atoms with van der Waals surface area (Å²) < 4.78 is 4.95. The first-order valence-electron chi connectivity index (χ1n) is 4.21. The number of carboxylic acids is 1. The molecule has 1 aromatic rings. The quantitative estimate of drug-likeness (QED) is 0.741. The van der Waals surface area contributed by atoms with E-state index >= 15 is 0 Å². The zero-order valence-corrected chi connectivity index (χ0v) is 7.93. The van der Waals surface area contributed by atoms with Crippen LogP contribution in [0, 0.1) is 0 Å². The van der Waals surface area contributed by atoms with Crippen LogP contribution in [0.1, 0.15) is 11.1 Å². The second-order valence-electron chi connectivity index (χ2n) is 2.85. The van der Waals surface area contributed by atoms with Gasteiger partial charge in [-0.3, -0.25) is 0 Å². The number of aliphatic carboxylic acids is 1. The second kappa shape index (κ2) is 5.19. The highest BCUT2D eigenvalue weighted by molar-refractivity contribution is 5.85. The maximum Gasteiger partial charge on any atom is 0.328 e. The smallest absolute Gasteiger partial charge is 0.328 e. The Hall–Kier alpha value is -1.61. The summed E-state index contributed by atoms with van der Waals surface area (Å²) in [7, 11) is 1.64. The third kappa shape index (κ3) is 3.41. The van der Waals surface area contributed by atoms with E-state index in [2.05, 4.69) is 0 Å². The lowest BCUT2D eigenvalue weighted by Gasteiger charge is -1.99. The van der Waals surface area contributed by atoms with Crippen LogP contribution in [-0.4, -0.2) is 18.2 Å². The highest BCUT2D eigenvalue weighted by Crippen LogP contribution is 2.06. The molecule has 1 aromatic carbocycles. The first-order valence-corrected chi connectivity index (χ1v) is 4.21. The number of carboxylic acid groups (broad SMARTS) is 1. The largest absolute Gasteiger partial charge is 0.478 e. The molecule has 0 fully saturated rings. The van der Waals surface area contributed by atoms with Crippen molar-refractivity contribution in [1.29, 1.82) is 0 Å². The Morgan fingerprint density at radius 3 is 2.57 bits per heavy atom. The standard InChI is InChI=1S/C11H12O3/c1-14-8-10-4-2-9(3-5-10)6-7-11(12)13/h2-7H,8H2,1H3,(H,12,13). The van der Waals surface area contributed by atoms with Gasteiger partial charge in [-0.15, -0.1) is 0 Å². The number of benzene rings is 1. The summed E-state index contributed by atoms with van der Waals surface area (Å²) in [4.78, 5) is 10.2. The summed E-state index contributed by atoms with van der Waals surface area (Å²) >= 11 is 0. The molecule has 0 saturated heterocycles. The van der Waals surface area contributed by atoms with Crippen molar-refractivity contribution < 1.29 is 14.6 Å². The maximum atomic E-state index is 10.2. The van der Waals surface area contributed by atoms with Crippen LogP contribution in [0.2, 0.25) is 0 Å². The third-order valence-electron chi connectivity index (χ3n) is 1.71. The third-order valence-corrected chi connectivity index (χ3v) is 1.71. The molecular formula is C11H12O3. The van der Waals surface area contributed by atoms with Crippen LogP contribution in [0.15, 0.2) is 30.3 Å². The van der Waals surface area contributed by atoms with Gasteiger partial charge in [-0.2, -0.15) is 0 Å². The van der Waals surface area contributed by atoms with Gasteiger partial charge in [0.2, 0.25) is 0 Å². The van der Waals surface area contributed by atoms with Gasteiger partial charge in [0.25, 0.3) is 0 Å². The van der Waals surface area contributed by atoms with Crippen LogP contribution in [0.3, 0.4) is 0 Å². The Morgan fingerprint density at radius 2 is 2.07 bits per heavy atom. The molecule has 0 atom stereocenters. The molecule has 0 heterocycles. The predicted octanol–water partition coefficient (Wildman–Crippen LogP) is 1.93. The van der Waals surface area contributed by atoms with Gasteiger partial charge in [-0.25, -0.2) is 4.79 Å². The Kier molecular flexibility index (Phi) is 3.88. The van der Waals surface area contributed by atoms with Crippen LogP contribution in [-0.2, 0) is 16.1 Å². The lowest BCUT2D eigenvalue weighted by atomic mass is 10.1. The van der Waals surface area contributed by atoms with E-state index in [1.807, 2.05) is 24.3 Å². The van der Waals surface area contributed by atoms with E-state index < -0.39 is 5.97 Å². The van der Waals surface area contributed by atoms with Crippen molar-refractivity contribution in [3.8, 4) is 0 Å². The lowest BCUT2D eigenvalue weighted by molar-refractivity contribution is -0.131. The molecule has 1 rings (SSSR count). The van der Waals surface area contributed by atoms with Crippen LogP contribution >= 0.6 is 0 Å². The summed E-state index contributed by atoms with van der Waals surface area (Å²) in [6.07, 6.45) is 2.67. The molecule has 14 heavy (non-hydrogen) atoms. The van der Waals surface area contributed by atoms with Crippen LogP contribution in [0.4, 0.5) is 0 Å². The highest BCUT2D eigenvalue weighted by Gasteiger charge is 1.92. The fraction of sp³-hybridized carbons (Fsp3) is 0.182. The van der Waals surface area contributed by atoms with Gasteiger partial charge in [0.1, 0.15) is 0 Å². The molecule has 3 heteroatoms. The van der Waals surface area contributed by atoms with E-state index in [4.69, 9.17) is 9.84 Å². The number of hydrogen-bond acceptors (Lipinski definition) is 2. The number of hydrogen-bond donors (Lipinski definition) is 1. The fourth-order valence-corrected chi connectivity index (χ4v) is 1.06. The molecule has 1 N–H and O–H groups in total. The number of carbonyl (C=O) groups is 1. The Balaban J connectivity index is 2.68. The minimum atomic E-state index is -0.939. The van der Waals surface area contributed by atoms with Crippen LogP contribution < -0.4 is 0 Å². The molecule has 74 valence electrons. The first-order chi connectivity index (χ1) is 6.72. The van der Waals surface area contributed by atoms with Crippen molar-refractivity contribution in [2.24, 2.45) is 0 Å². The van der Waals surface area contributed by atoms with Crippen LogP contribution in [0.25, 0.3) is 6.08 Å². The van der Waals surface area contributed by atoms with Crippen molar-refractivity contribution >= 4 is 12.0 Å². The zero-order valence-electron chi connectivity index (χ0n) is 7.93. The summed E-state index contributed by atoms with van der Waals surface area (Å²) in [6.45, 7) is 0.572. The molecular weight excluding hydrogens is 180 g/mol. The van der Waals surface area contributed by atoms with E-state index in [-0.39, 0.29) is 0 Å². The minimum Gasteiger partial charge on any atom is -0.478 e. The van der Waals surface area contributed by atoms with Crippen molar-refractivity contribution in [1.82, 2.24) is 0 Å². The normalized spacial score (nSPS) is 10.6. The second-order valence-corrected chi connectivity index (χ2v) is 2.85. The van der Waals surface area contributed by atoms with Gasteiger partial charge in [0.05, 0.1) is 6.61 Å². The highest BCUT2D eigenvalue weighted by atomic mass is 16.5. The van der Waals surface area contributed by atoms with Gasteiger partial charge < -0.3 is 9.84 Å². The molecule has 0 amide bonds. The van der Waals surface area contributed by atoms with E-state index in [9.17, 15) is 4.79 Å². The monoisotopic (exact) mass is 192 g/mol. The van der Waals surface area contributed by atoms with Crippen molar-refractivity contribution in [3.63, 3.8) is 0 Å². The van der Waals surface area contributed by atoms with Gasteiger partial charge in [-0.1, -0.05) is 24.3 Å². The molecule has 0 unspecified atom stereocenters. The van der Waals surface area contributed by atoms with E-state index in [1.54, 1.807) is 13.2 Å². The molecule has 0 aliphatic carbocycles. The minimum absolute atomic E-state index is 0.572. The number of ether oxygens (including phenoxy) is 1. The lowest BCUT2D eigenvalue weighted by Crippen LogP contribution is -1.88. The SMILES string of the molecule is COCc1ccc(C=CC(=O)O)cc1. The summed E-state index contributed by atoms with van der Waals surface area (Å²) in [6, 6.07) is 7.53. The van der Waals surface area contributed by atoms with E-state index in [1.165, 1.54) is 0 Å². The molecule has 0 radical (unpaired) electrons. The molecule has 0 aliphatic rings. The van der Waals surface area contributed by atoms with Gasteiger partial charge >= 0.3 is 5.97 Å². The van der Waals surface area contributed by atoms with Gasteiger partial charge in [0.15, 0.2) is 0 Å². The average molecular weight is 192 g/mol. The predicted molar refractivity (Wildman–Crippen MR) is 53.8 cm³/mol. The molecule has 0 bridgehead atoms. The number of rotatable bonds is 4. The van der Waals surface area contributed by atoms with Crippen molar-refractivity contribution in [2.75, 3.05) is 7.11 Å². The van der Waals surface area contributed by atoms with Crippen molar-refractivity contribution in [3.05, 3.63) is 41.5 Å². The summed E-state index contributed by atoms with van der Waals surface area (Å²) in [5.41, 5.74) is 1.94. The maximum absolute atomic E-state index is 10.2. The van der Waals surface area contributed by atoms with E-state index in [0.717, 1.165) is 17.2 Å². The molecule has 0 spiro atoms. The Morgan fingerprint density at radius 1 is 1.43 bits per heavy atom. The topological polar surface area (TPSA) is 46.5 Å². The first kappa shape index (κ1) is 10.5. The molecule has 0 aromatic heterocycles. The zero-order chi connectivity index (χ0) is 10.4. The fourth-order valence-electron chi connectivity index (χ4n) is 1.06. The Bertz CT molecular complexity index is 325. The average Bonchev–Trinajstić information content (AvgIpc) is 2.17. The van der Waals surface area contributed by atoms with E-state index in [0.29, 0.717) is 6.61 Å². The molecule has 3 nitrogen and oxygen atoms in total. The van der Waals surface area contributed by atoms with Crippen LogP contribution in [0.5, 0.6) is 0 Å². The molecule has 0 aliphatic heterocycles.